The molecule has 148 valence electrons. The highest BCUT2D eigenvalue weighted by Gasteiger charge is 2.15. The van der Waals surface area contributed by atoms with Crippen LogP contribution in [0.3, 0.4) is 0 Å². The minimum Gasteiger partial charge on any atom is -0.463 e. The number of nitrogens with one attached hydrogen (secondary N) is 2. The molecule has 0 unspecified atom stereocenters. The molecule has 3 heterocycles. The van der Waals surface area contributed by atoms with Crippen LogP contribution in [-0.4, -0.2) is 25.6 Å². The fourth-order valence-electron chi connectivity index (χ4n) is 3.26. The number of hydrogen-bond acceptors (Lipinski definition) is 4. The van der Waals surface area contributed by atoms with Crippen molar-refractivity contribution >= 4 is 11.7 Å². The van der Waals surface area contributed by atoms with Crippen LogP contribution in [0, 0.1) is 13.8 Å². The Hall–Kier alpha value is -3.81. The third-order valence-corrected chi connectivity index (χ3v) is 4.50. The second-order valence-electron chi connectivity index (χ2n) is 6.82. The first-order valence-electron chi connectivity index (χ1n) is 9.25. The lowest BCUT2D eigenvalue weighted by Gasteiger charge is -2.12. The molecule has 8 heteroatoms. The Morgan fingerprint density at radius 1 is 1.14 bits per heavy atom. The number of aryl methyl sites for hydroxylation is 3. The van der Waals surface area contributed by atoms with Gasteiger partial charge in [-0.3, -0.25) is 4.68 Å². The second kappa shape index (κ2) is 7.67. The van der Waals surface area contributed by atoms with Crippen LogP contribution in [0.5, 0.6) is 0 Å². The summed E-state index contributed by atoms with van der Waals surface area (Å²) in [4.78, 5) is 12.5. The second-order valence-corrected chi connectivity index (χ2v) is 6.82. The minimum absolute atomic E-state index is 0.325. The summed E-state index contributed by atoms with van der Waals surface area (Å²) in [6.45, 7) is 4.33. The Labute approximate surface area is 168 Å². The summed E-state index contributed by atoms with van der Waals surface area (Å²) >= 11 is 0. The summed E-state index contributed by atoms with van der Waals surface area (Å²) in [7, 11) is 1.79. The molecular weight excluding hydrogens is 368 g/mol. The van der Waals surface area contributed by atoms with Crippen molar-refractivity contribution in [1.29, 1.82) is 0 Å². The molecule has 0 radical (unpaired) electrons. The molecular formula is C21H22N6O2. The smallest absolute Gasteiger partial charge is 0.319 e. The number of aromatic nitrogens is 4. The molecule has 1 aromatic carbocycles. The Morgan fingerprint density at radius 2 is 1.97 bits per heavy atom. The van der Waals surface area contributed by atoms with Gasteiger partial charge in [0.2, 0.25) is 0 Å². The van der Waals surface area contributed by atoms with Gasteiger partial charge in [0.15, 0.2) is 11.5 Å². The van der Waals surface area contributed by atoms with Crippen LogP contribution in [0.1, 0.15) is 17.0 Å². The molecule has 0 aliphatic carbocycles. The van der Waals surface area contributed by atoms with E-state index in [0.29, 0.717) is 23.7 Å². The number of urea groups is 1. The molecule has 0 aliphatic rings. The van der Waals surface area contributed by atoms with E-state index in [-0.39, 0.29) is 6.03 Å². The largest absolute Gasteiger partial charge is 0.463 e. The van der Waals surface area contributed by atoms with Gasteiger partial charge in [0.1, 0.15) is 0 Å². The number of carbonyl (C=O) groups is 1. The molecule has 0 spiro atoms. The first-order valence-corrected chi connectivity index (χ1v) is 9.25. The lowest BCUT2D eigenvalue weighted by molar-refractivity contribution is 0.251. The Balaban J connectivity index is 1.49. The van der Waals surface area contributed by atoms with Gasteiger partial charge in [-0.15, -0.1) is 0 Å². The van der Waals surface area contributed by atoms with Gasteiger partial charge < -0.3 is 15.1 Å². The van der Waals surface area contributed by atoms with Crippen molar-refractivity contribution in [1.82, 2.24) is 24.9 Å². The van der Waals surface area contributed by atoms with Crippen molar-refractivity contribution in [3.63, 3.8) is 0 Å². The quantitative estimate of drug-likeness (QED) is 0.542. The highest BCUT2D eigenvalue weighted by molar-refractivity contribution is 5.92. The maximum atomic E-state index is 12.5. The van der Waals surface area contributed by atoms with Gasteiger partial charge in [0.05, 0.1) is 23.3 Å². The molecule has 0 bridgehead atoms. The van der Waals surface area contributed by atoms with Crippen LogP contribution in [0.25, 0.3) is 17.1 Å². The molecule has 2 N–H and O–H groups in total. The zero-order chi connectivity index (χ0) is 20.4. The van der Waals surface area contributed by atoms with Crippen LogP contribution in [0.15, 0.2) is 59.3 Å². The molecule has 4 rings (SSSR count). The third kappa shape index (κ3) is 3.91. The van der Waals surface area contributed by atoms with E-state index in [4.69, 9.17) is 4.42 Å². The summed E-state index contributed by atoms with van der Waals surface area (Å²) in [6.07, 6.45) is 3.31. The van der Waals surface area contributed by atoms with E-state index < -0.39 is 0 Å². The number of amides is 2. The fourth-order valence-corrected chi connectivity index (χ4v) is 3.26. The molecule has 0 saturated heterocycles. The van der Waals surface area contributed by atoms with Gasteiger partial charge in [-0.05, 0) is 43.7 Å². The zero-order valence-corrected chi connectivity index (χ0v) is 16.5. The topological polar surface area (TPSA) is 89.9 Å². The Kier molecular flexibility index (Phi) is 4.90. The monoisotopic (exact) mass is 390 g/mol. The summed E-state index contributed by atoms with van der Waals surface area (Å²) in [5, 5.41) is 14.7. The van der Waals surface area contributed by atoms with Gasteiger partial charge >= 0.3 is 6.03 Å². The first kappa shape index (κ1) is 18.5. The zero-order valence-electron chi connectivity index (χ0n) is 16.5. The van der Waals surface area contributed by atoms with Gasteiger partial charge in [0, 0.05) is 25.5 Å². The van der Waals surface area contributed by atoms with Crippen LogP contribution in [-0.2, 0) is 13.6 Å². The van der Waals surface area contributed by atoms with Gasteiger partial charge in [-0.1, -0.05) is 18.2 Å². The summed E-state index contributed by atoms with van der Waals surface area (Å²) < 4.78 is 8.92. The molecule has 29 heavy (non-hydrogen) atoms. The van der Waals surface area contributed by atoms with Crippen molar-refractivity contribution < 1.29 is 9.21 Å². The molecule has 0 atom stereocenters. The van der Waals surface area contributed by atoms with Crippen molar-refractivity contribution in [2.24, 2.45) is 7.05 Å². The minimum atomic E-state index is -0.325. The highest BCUT2D eigenvalue weighted by atomic mass is 16.3. The Morgan fingerprint density at radius 3 is 2.69 bits per heavy atom. The van der Waals surface area contributed by atoms with E-state index in [2.05, 4.69) is 20.8 Å². The van der Waals surface area contributed by atoms with E-state index in [1.165, 1.54) is 0 Å². The predicted molar refractivity (Wildman–Crippen MR) is 110 cm³/mol. The van der Waals surface area contributed by atoms with Gasteiger partial charge in [0.25, 0.3) is 0 Å². The molecule has 8 nitrogen and oxygen atoms in total. The van der Waals surface area contributed by atoms with E-state index in [1.54, 1.807) is 36.3 Å². The van der Waals surface area contributed by atoms with E-state index >= 15 is 0 Å². The normalized spacial score (nSPS) is 10.9. The fraction of sp³-hybridized carbons (Fsp3) is 0.190. The molecule has 2 amide bonds. The highest BCUT2D eigenvalue weighted by Crippen LogP contribution is 2.26. The number of carbonyl (C=O) groups excluding carboxylic acids is 1. The number of hydrogen-bond donors (Lipinski definition) is 2. The maximum Gasteiger partial charge on any atom is 0.319 e. The maximum absolute atomic E-state index is 12.5. The van der Waals surface area contributed by atoms with Crippen molar-refractivity contribution in [2.75, 3.05) is 5.32 Å². The number of benzene rings is 1. The molecule has 3 aromatic heterocycles. The van der Waals surface area contributed by atoms with Crippen LogP contribution >= 0.6 is 0 Å². The van der Waals surface area contributed by atoms with Gasteiger partial charge in [-0.25, -0.2) is 9.48 Å². The number of rotatable bonds is 5. The van der Waals surface area contributed by atoms with Crippen LogP contribution < -0.4 is 10.6 Å². The molecule has 0 aliphatic heterocycles. The third-order valence-electron chi connectivity index (χ3n) is 4.50. The van der Waals surface area contributed by atoms with Crippen LogP contribution in [0.2, 0.25) is 0 Å². The average Bonchev–Trinajstić information content (AvgIpc) is 3.41. The van der Waals surface area contributed by atoms with Gasteiger partial charge in [-0.2, -0.15) is 10.2 Å². The lowest BCUT2D eigenvalue weighted by atomic mass is 10.1. The summed E-state index contributed by atoms with van der Waals surface area (Å²) in [6, 6.07) is 13.2. The lowest BCUT2D eigenvalue weighted by Crippen LogP contribution is -2.28. The van der Waals surface area contributed by atoms with E-state index in [9.17, 15) is 4.79 Å². The van der Waals surface area contributed by atoms with Crippen molar-refractivity contribution in [3.8, 4) is 17.1 Å². The van der Waals surface area contributed by atoms with Crippen molar-refractivity contribution in [2.45, 2.75) is 20.4 Å². The van der Waals surface area contributed by atoms with Crippen molar-refractivity contribution in [3.05, 3.63) is 71.9 Å². The predicted octanol–water partition coefficient (Wildman–Crippen LogP) is 3.80. The average molecular weight is 390 g/mol. The number of para-hydroxylation sites is 1. The molecule has 0 fully saturated rings. The standard InChI is InChI=1S/C21H22N6O2/c1-14-11-15(2)27(24-14)18-8-5-4-7-16(18)12-22-21(28)23-17-13-26(3)25-20(17)19-9-6-10-29-19/h4-11,13H,12H2,1-3H3,(H2,22,23,28). The number of furan rings is 1. The Bertz CT molecular complexity index is 1140. The molecule has 4 aromatic rings. The molecule has 0 saturated carbocycles. The number of anilines is 1. The first-order chi connectivity index (χ1) is 14.0. The van der Waals surface area contributed by atoms with E-state index in [1.807, 2.05) is 48.9 Å². The number of nitrogens with zero attached hydrogens (tertiary/aromatic N) is 4. The summed E-state index contributed by atoms with van der Waals surface area (Å²) in [5.41, 5.74) is 5.05. The van der Waals surface area contributed by atoms with Crippen LogP contribution in [0.4, 0.5) is 10.5 Å². The van der Waals surface area contributed by atoms with E-state index in [0.717, 1.165) is 22.6 Å². The summed E-state index contributed by atoms with van der Waals surface area (Å²) in [5.74, 6) is 0.593. The SMILES string of the molecule is Cc1cc(C)n(-c2ccccc2CNC(=O)Nc2cn(C)nc2-c2ccco2)n1.